The first-order chi connectivity index (χ1) is 23.4. The van der Waals surface area contributed by atoms with Crippen LogP contribution in [0.4, 0.5) is 11.6 Å². The maximum atomic E-state index is 13.7. The van der Waals surface area contributed by atoms with E-state index in [9.17, 15) is 44.1 Å². The minimum absolute atomic E-state index is 0.0214. The lowest BCUT2D eigenvalue weighted by Crippen LogP contribution is -2.44. The monoisotopic (exact) mass is 690 g/mol. The first-order valence-electron chi connectivity index (χ1n) is 14.9. The van der Waals surface area contributed by atoms with Crippen LogP contribution in [-0.4, -0.2) is 145 Å². The summed E-state index contributed by atoms with van der Waals surface area (Å²) in [5, 5.41) is 41.5. The van der Waals surface area contributed by atoms with E-state index >= 15 is 0 Å². The van der Waals surface area contributed by atoms with Gasteiger partial charge in [0.1, 0.15) is 17.8 Å². The normalized spacial score (nSPS) is 14.0. The minimum atomic E-state index is -1.76. The molecule has 1 aromatic carbocycles. The predicted octanol–water partition coefficient (Wildman–Crippen LogP) is -0.605. The Morgan fingerprint density at radius 1 is 0.816 bits per heavy atom. The summed E-state index contributed by atoms with van der Waals surface area (Å²) >= 11 is 0. The van der Waals surface area contributed by atoms with Crippen LogP contribution in [-0.2, 0) is 33.4 Å². The van der Waals surface area contributed by atoms with E-state index in [2.05, 4.69) is 15.6 Å². The number of hydrogen-bond donors (Lipinski definition) is 6. The highest BCUT2D eigenvalue weighted by atomic mass is 16.5. The Balaban J connectivity index is 2.17. The molecule has 2 aromatic rings. The van der Waals surface area contributed by atoms with E-state index < -0.39 is 60.6 Å². The van der Waals surface area contributed by atoms with Crippen LogP contribution in [0.1, 0.15) is 33.7 Å². The minimum Gasteiger partial charge on any atom is -0.481 e. The molecule has 19 nitrogen and oxygen atoms in total. The van der Waals surface area contributed by atoms with Crippen LogP contribution in [0, 0.1) is 0 Å². The number of hydrogen-bond acceptors (Lipinski definition) is 13. The van der Waals surface area contributed by atoms with Gasteiger partial charge in [-0.1, -0.05) is 12.1 Å². The number of benzene rings is 1. The Hall–Kier alpha value is -5.40. The molecule has 1 aromatic heterocycles. The van der Waals surface area contributed by atoms with Gasteiger partial charge >= 0.3 is 23.9 Å². The number of carboxylic acids is 4. The molecule has 2 heterocycles. The molecule has 0 saturated carbocycles. The number of amides is 2. The molecule has 3 rings (SSSR count). The van der Waals surface area contributed by atoms with Crippen molar-refractivity contribution in [3.8, 4) is 11.3 Å². The van der Waals surface area contributed by atoms with Crippen molar-refractivity contribution in [2.45, 2.75) is 24.9 Å². The predicted molar refractivity (Wildman–Crippen MR) is 169 cm³/mol. The SMILES string of the molecule is COCCN(CCOC)c1nc(C(=O)N[C@H](CC(=O)O)C(=O)O)c(N2CCOCC2)nc1-c1ccc(C(=O)NC(CC(=O)O)C(=O)O)cc1. The third kappa shape index (κ3) is 10.8. The lowest BCUT2D eigenvalue weighted by molar-refractivity contribution is -0.145. The summed E-state index contributed by atoms with van der Waals surface area (Å²) < 4.78 is 16.0. The maximum absolute atomic E-state index is 13.7. The highest BCUT2D eigenvalue weighted by Gasteiger charge is 2.31. The summed E-state index contributed by atoms with van der Waals surface area (Å²) in [5.74, 6) is -7.50. The molecule has 1 aliphatic rings. The number of morpholine rings is 1. The van der Waals surface area contributed by atoms with E-state index in [-0.39, 0.29) is 68.1 Å². The first-order valence-corrected chi connectivity index (χ1v) is 14.9. The molecule has 1 saturated heterocycles. The van der Waals surface area contributed by atoms with E-state index in [4.69, 9.17) is 24.3 Å². The van der Waals surface area contributed by atoms with Crippen molar-refractivity contribution in [3.05, 3.63) is 35.5 Å². The number of ether oxygens (including phenoxy) is 3. The van der Waals surface area contributed by atoms with Gasteiger partial charge in [-0.2, -0.15) is 0 Å². The summed E-state index contributed by atoms with van der Waals surface area (Å²) in [6.07, 6.45) is -1.71. The van der Waals surface area contributed by atoms with Crippen LogP contribution in [0.5, 0.6) is 0 Å². The van der Waals surface area contributed by atoms with Crippen LogP contribution in [0.15, 0.2) is 24.3 Å². The van der Waals surface area contributed by atoms with Crippen LogP contribution >= 0.6 is 0 Å². The number of nitrogens with one attached hydrogen (secondary N) is 2. The van der Waals surface area contributed by atoms with Crippen LogP contribution in [0.3, 0.4) is 0 Å². The Kier molecular flexibility index (Phi) is 14.2. The zero-order chi connectivity index (χ0) is 36.1. The van der Waals surface area contributed by atoms with E-state index in [0.717, 1.165) is 0 Å². The average Bonchev–Trinajstić information content (AvgIpc) is 3.07. The van der Waals surface area contributed by atoms with Crippen molar-refractivity contribution in [1.29, 1.82) is 0 Å². The summed E-state index contributed by atoms with van der Waals surface area (Å²) in [5.41, 5.74) is 0.404. The molecule has 6 N–H and O–H groups in total. The van der Waals surface area contributed by atoms with Crippen molar-refractivity contribution in [1.82, 2.24) is 20.6 Å². The van der Waals surface area contributed by atoms with Gasteiger partial charge in [-0.25, -0.2) is 19.6 Å². The number of carbonyl (C=O) groups is 6. The zero-order valence-electron chi connectivity index (χ0n) is 26.8. The molecule has 0 spiro atoms. The van der Waals surface area contributed by atoms with Gasteiger partial charge < -0.3 is 55.1 Å². The van der Waals surface area contributed by atoms with E-state index in [0.29, 0.717) is 18.7 Å². The standard InChI is InChI=1S/C30H38N6O13/c1-47-11-7-35(8-12-48-2)25-23(17-3-5-18(6-4-17)27(41)31-19(29(43)44)15-21(37)38)33-26(36-9-13-49-14-10-36)24(34-25)28(42)32-20(30(45)46)16-22(39)40/h3-6,19-20H,7-16H2,1-2H3,(H,31,41)(H,32,42)(H,37,38)(H,39,40)(H,43,44)(H,45,46)/t19?,20-/m1/s1. The number of nitrogens with zero attached hydrogens (tertiary/aromatic N) is 4. The summed E-state index contributed by atoms with van der Waals surface area (Å²) in [6.45, 7) is 2.09. The molecule has 2 amide bonds. The van der Waals surface area contributed by atoms with Crippen molar-refractivity contribution in [2.75, 3.05) is 76.6 Å². The molecule has 19 heteroatoms. The van der Waals surface area contributed by atoms with Crippen LogP contribution < -0.4 is 20.4 Å². The van der Waals surface area contributed by atoms with E-state index in [1.807, 2.05) is 0 Å². The largest absolute Gasteiger partial charge is 0.481 e. The number of aromatic nitrogens is 2. The van der Waals surface area contributed by atoms with Crippen molar-refractivity contribution < 1.29 is 63.4 Å². The Labute approximate surface area is 279 Å². The molecule has 49 heavy (non-hydrogen) atoms. The van der Waals surface area contributed by atoms with Gasteiger partial charge in [-0.3, -0.25) is 19.2 Å². The third-order valence-electron chi connectivity index (χ3n) is 7.20. The quantitative estimate of drug-likeness (QED) is 0.107. The molecule has 0 bridgehead atoms. The molecular weight excluding hydrogens is 652 g/mol. The number of carboxylic acid groups (broad SMARTS) is 4. The molecule has 1 unspecified atom stereocenters. The van der Waals surface area contributed by atoms with Gasteiger partial charge in [0.2, 0.25) is 0 Å². The smallest absolute Gasteiger partial charge is 0.326 e. The Bertz CT molecular complexity index is 1510. The van der Waals surface area contributed by atoms with E-state index in [1.54, 1.807) is 9.80 Å². The van der Waals surface area contributed by atoms with Gasteiger partial charge in [0.15, 0.2) is 17.3 Å². The number of aliphatic carboxylic acids is 4. The van der Waals surface area contributed by atoms with Gasteiger partial charge in [0.25, 0.3) is 11.8 Å². The highest BCUT2D eigenvalue weighted by Crippen LogP contribution is 2.32. The fourth-order valence-electron chi connectivity index (χ4n) is 4.70. The lowest BCUT2D eigenvalue weighted by Gasteiger charge is -2.31. The number of methoxy groups -OCH3 is 2. The van der Waals surface area contributed by atoms with Gasteiger partial charge in [0, 0.05) is 51.5 Å². The van der Waals surface area contributed by atoms with Gasteiger partial charge in [0.05, 0.1) is 39.3 Å². The molecule has 1 aliphatic heterocycles. The van der Waals surface area contributed by atoms with E-state index in [1.165, 1.54) is 38.5 Å². The molecular formula is C30H38N6O13. The van der Waals surface area contributed by atoms with Crippen LogP contribution in [0.2, 0.25) is 0 Å². The maximum Gasteiger partial charge on any atom is 0.326 e. The number of rotatable bonds is 19. The fraction of sp³-hybridized carbons (Fsp3) is 0.467. The highest BCUT2D eigenvalue weighted by molar-refractivity contribution is 6.01. The molecule has 0 radical (unpaired) electrons. The first kappa shape index (κ1) is 38.1. The number of anilines is 2. The van der Waals surface area contributed by atoms with Gasteiger partial charge in [-0.05, 0) is 12.1 Å². The second kappa shape index (κ2) is 18.2. The molecule has 0 aliphatic carbocycles. The van der Waals surface area contributed by atoms with Crippen molar-refractivity contribution >= 4 is 47.3 Å². The summed E-state index contributed by atoms with van der Waals surface area (Å²) in [4.78, 5) is 85.0. The molecule has 2 atom stereocenters. The van der Waals surface area contributed by atoms with Crippen LogP contribution in [0.25, 0.3) is 11.3 Å². The Morgan fingerprint density at radius 3 is 1.80 bits per heavy atom. The topological polar surface area (TPSA) is 267 Å². The van der Waals surface area contributed by atoms with Gasteiger partial charge in [-0.15, -0.1) is 0 Å². The second-order valence-corrected chi connectivity index (χ2v) is 10.6. The van der Waals surface area contributed by atoms with Crippen molar-refractivity contribution in [3.63, 3.8) is 0 Å². The zero-order valence-corrected chi connectivity index (χ0v) is 26.8. The average molecular weight is 691 g/mol. The summed E-state index contributed by atoms with van der Waals surface area (Å²) in [7, 11) is 2.98. The second-order valence-electron chi connectivity index (χ2n) is 10.6. The molecule has 1 fully saturated rings. The fourth-order valence-corrected chi connectivity index (χ4v) is 4.70. The Morgan fingerprint density at radius 2 is 1.33 bits per heavy atom. The summed E-state index contributed by atoms with van der Waals surface area (Å²) in [6, 6.07) is 2.35. The van der Waals surface area contributed by atoms with Crippen molar-refractivity contribution in [2.24, 2.45) is 0 Å². The lowest BCUT2D eigenvalue weighted by atomic mass is 10.1. The number of carbonyl (C=O) groups excluding carboxylic acids is 2. The molecule has 266 valence electrons. The third-order valence-corrected chi connectivity index (χ3v) is 7.20.